The van der Waals surface area contributed by atoms with E-state index < -0.39 is 5.97 Å². The number of rotatable bonds is 9. The molecule has 0 spiro atoms. The van der Waals surface area contributed by atoms with Gasteiger partial charge in [0.25, 0.3) is 0 Å². The number of anilines is 2. The van der Waals surface area contributed by atoms with Gasteiger partial charge >= 0.3 is 5.97 Å². The zero-order valence-corrected chi connectivity index (χ0v) is 19.9. The number of aryl methyl sites for hydroxylation is 2. The minimum Gasteiger partial charge on any atom is -0.478 e. The van der Waals surface area contributed by atoms with Gasteiger partial charge in [0, 0.05) is 21.2 Å². The molecule has 0 heterocycles. The molecule has 0 aliphatic carbocycles. The van der Waals surface area contributed by atoms with Crippen LogP contribution in [-0.4, -0.2) is 34.4 Å². The maximum Gasteiger partial charge on any atom is 0.335 e. The van der Waals surface area contributed by atoms with Gasteiger partial charge in [-0.3, -0.25) is 9.59 Å². The fourth-order valence-electron chi connectivity index (χ4n) is 2.86. The van der Waals surface area contributed by atoms with E-state index in [4.69, 9.17) is 0 Å². The Kier molecular flexibility index (Phi) is 8.57. The summed E-state index contributed by atoms with van der Waals surface area (Å²) in [6.45, 7) is 3.99. The Bertz CT molecular complexity index is 1060. The minimum absolute atomic E-state index is 0.0273. The molecule has 3 aromatic rings. The number of carbonyl (C=O) groups excluding carboxylic acids is 2. The molecule has 0 aliphatic heterocycles. The third-order valence-corrected chi connectivity index (χ3v) is 6.55. The van der Waals surface area contributed by atoms with Gasteiger partial charge < -0.3 is 15.7 Å². The van der Waals surface area contributed by atoms with E-state index in [2.05, 4.69) is 10.6 Å². The average molecular weight is 481 g/mol. The third kappa shape index (κ3) is 8.00. The van der Waals surface area contributed by atoms with Crippen molar-refractivity contribution in [3.05, 3.63) is 83.4 Å². The van der Waals surface area contributed by atoms with E-state index in [0.29, 0.717) is 11.4 Å². The summed E-state index contributed by atoms with van der Waals surface area (Å²) in [6, 6.07) is 20.0. The number of aromatic carboxylic acids is 1. The van der Waals surface area contributed by atoms with Crippen LogP contribution in [0.4, 0.5) is 11.4 Å². The van der Waals surface area contributed by atoms with Gasteiger partial charge in [-0.2, -0.15) is 0 Å². The number of hydrogen-bond acceptors (Lipinski definition) is 5. The summed E-state index contributed by atoms with van der Waals surface area (Å²) in [7, 11) is 0. The number of carboxylic acid groups (broad SMARTS) is 1. The first-order valence-corrected chi connectivity index (χ1v) is 12.1. The second kappa shape index (κ2) is 11.6. The van der Waals surface area contributed by atoms with E-state index in [9.17, 15) is 19.5 Å². The van der Waals surface area contributed by atoms with Crippen molar-refractivity contribution in [1.82, 2.24) is 0 Å². The van der Waals surface area contributed by atoms with Crippen molar-refractivity contribution in [2.75, 3.05) is 22.1 Å². The SMILES string of the molecule is Cc1ccc(SCC(=O)Nc2cc(NC(=O)CSc3ccc(C)cc3)cc(C(=O)O)c2)cc1. The fourth-order valence-corrected chi connectivity index (χ4v) is 4.25. The van der Waals surface area contributed by atoms with Crippen LogP contribution in [-0.2, 0) is 9.59 Å². The second-order valence-corrected chi connectivity index (χ2v) is 9.50. The topological polar surface area (TPSA) is 95.5 Å². The Labute approximate surface area is 201 Å². The summed E-state index contributed by atoms with van der Waals surface area (Å²) in [5, 5.41) is 14.8. The molecule has 6 nitrogen and oxygen atoms in total. The van der Waals surface area contributed by atoms with Gasteiger partial charge in [0.1, 0.15) is 0 Å². The molecule has 0 radical (unpaired) electrons. The molecule has 0 saturated heterocycles. The van der Waals surface area contributed by atoms with E-state index in [0.717, 1.165) is 20.9 Å². The lowest BCUT2D eigenvalue weighted by molar-refractivity contribution is -0.114. The molecule has 8 heteroatoms. The molecule has 0 atom stereocenters. The maximum atomic E-state index is 12.4. The molecule has 33 heavy (non-hydrogen) atoms. The molecule has 3 rings (SSSR count). The Morgan fingerprint density at radius 1 is 0.697 bits per heavy atom. The van der Waals surface area contributed by atoms with E-state index in [-0.39, 0.29) is 28.9 Å². The highest BCUT2D eigenvalue weighted by Gasteiger charge is 2.12. The molecule has 0 aromatic heterocycles. The van der Waals surface area contributed by atoms with Gasteiger partial charge in [-0.05, 0) is 56.3 Å². The lowest BCUT2D eigenvalue weighted by Crippen LogP contribution is -2.17. The first kappa shape index (κ1) is 24.4. The lowest BCUT2D eigenvalue weighted by atomic mass is 10.1. The predicted octanol–water partition coefficient (Wildman–Crippen LogP) is 5.46. The largest absolute Gasteiger partial charge is 0.478 e. The molecule has 0 bridgehead atoms. The Morgan fingerprint density at radius 2 is 1.09 bits per heavy atom. The highest BCUT2D eigenvalue weighted by atomic mass is 32.2. The number of thioether (sulfide) groups is 2. The molecule has 0 fully saturated rings. The number of benzene rings is 3. The van der Waals surface area contributed by atoms with Gasteiger partial charge in [0.05, 0.1) is 17.1 Å². The predicted molar refractivity (Wildman–Crippen MR) is 134 cm³/mol. The third-order valence-electron chi connectivity index (χ3n) is 4.53. The zero-order chi connectivity index (χ0) is 23.8. The van der Waals surface area contributed by atoms with Crippen LogP contribution in [0, 0.1) is 13.8 Å². The van der Waals surface area contributed by atoms with E-state index >= 15 is 0 Å². The summed E-state index contributed by atoms with van der Waals surface area (Å²) < 4.78 is 0. The van der Waals surface area contributed by atoms with Crippen molar-refractivity contribution >= 4 is 52.7 Å². The summed E-state index contributed by atoms with van der Waals surface area (Å²) in [5.41, 5.74) is 2.87. The quantitative estimate of drug-likeness (QED) is 0.352. The van der Waals surface area contributed by atoms with Crippen LogP contribution in [0.15, 0.2) is 76.5 Å². The van der Waals surface area contributed by atoms with Crippen molar-refractivity contribution < 1.29 is 19.5 Å². The monoisotopic (exact) mass is 480 g/mol. The van der Waals surface area contributed by atoms with Gasteiger partial charge in [0.2, 0.25) is 11.8 Å². The van der Waals surface area contributed by atoms with Crippen LogP contribution >= 0.6 is 23.5 Å². The van der Waals surface area contributed by atoms with Crippen LogP contribution in [0.25, 0.3) is 0 Å². The van der Waals surface area contributed by atoms with Gasteiger partial charge in [-0.15, -0.1) is 23.5 Å². The highest BCUT2D eigenvalue weighted by molar-refractivity contribution is 8.00. The van der Waals surface area contributed by atoms with Crippen molar-refractivity contribution in [2.24, 2.45) is 0 Å². The van der Waals surface area contributed by atoms with Crippen molar-refractivity contribution in [3.63, 3.8) is 0 Å². The molecule has 0 unspecified atom stereocenters. The van der Waals surface area contributed by atoms with E-state index in [1.165, 1.54) is 35.7 Å². The summed E-state index contributed by atoms with van der Waals surface area (Å²) in [4.78, 5) is 38.2. The standard InChI is InChI=1S/C25H24N2O4S2/c1-16-3-7-21(8-4-16)32-14-23(28)26-19-11-18(25(30)31)12-20(13-19)27-24(29)15-33-22-9-5-17(2)6-10-22/h3-13H,14-15H2,1-2H3,(H,26,28)(H,27,29)(H,30,31). The molecule has 170 valence electrons. The van der Waals surface area contributed by atoms with Crippen LogP contribution < -0.4 is 10.6 Å². The van der Waals surface area contributed by atoms with Crippen LogP contribution in [0.3, 0.4) is 0 Å². The first-order valence-electron chi connectivity index (χ1n) is 10.2. The maximum absolute atomic E-state index is 12.4. The zero-order valence-electron chi connectivity index (χ0n) is 18.3. The summed E-state index contributed by atoms with van der Waals surface area (Å²) in [6.07, 6.45) is 0. The van der Waals surface area contributed by atoms with Crippen molar-refractivity contribution in [2.45, 2.75) is 23.6 Å². The van der Waals surface area contributed by atoms with Crippen LogP contribution in [0.1, 0.15) is 21.5 Å². The lowest BCUT2D eigenvalue weighted by Gasteiger charge is -2.11. The molecule has 2 amide bonds. The van der Waals surface area contributed by atoms with E-state index in [1.54, 1.807) is 6.07 Å². The number of amides is 2. The highest BCUT2D eigenvalue weighted by Crippen LogP contribution is 2.23. The molecule has 0 saturated carbocycles. The molecular weight excluding hydrogens is 456 g/mol. The molecule has 3 aromatic carbocycles. The van der Waals surface area contributed by atoms with Gasteiger partial charge in [-0.25, -0.2) is 4.79 Å². The Hall–Kier alpha value is -3.23. The van der Waals surface area contributed by atoms with Crippen LogP contribution in [0.5, 0.6) is 0 Å². The number of nitrogens with one attached hydrogen (secondary N) is 2. The summed E-state index contributed by atoms with van der Waals surface area (Å²) in [5.74, 6) is -1.33. The smallest absolute Gasteiger partial charge is 0.335 e. The van der Waals surface area contributed by atoms with Crippen molar-refractivity contribution in [1.29, 1.82) is 0 Å². The number of hydrogen-bond donors (Lipinski definition) is 3. The average Bonchev–Trinajstić information content (AvgIpc) is 2.78. The molecule has 0 aliphatic rings. The Balaban J connectivity index is 1.61. The minimum atomic E-state index is -1.15. The van der Waals surface area contributed by atoms with Gasteiger partial charge in [-0.1, -0.05) is 35.4 Å². The van der Waals surface area contributed by atoms with Crippen molar-refractivity contribution in [3.8, 4) is 0 Å². The Morgan fingerprint density at radius 3 is 1.45 bits per heavy atom. The second-order valence-electron chi connectivity index (χ2n) is 7.40. The first-order chi connectivity index (χ1) is 15.8. The van der Waals surface area contributed by atoms with Gasteiger partial charge in [0.15, 0.2) is 0 Å². The normalized spacial score (nSPS) is 10.5. The van der Waals surface area contributed by atoms with E-state index in [1.807, 2.05) is 62.4 Å². The molecular formula is C25H24N2O4S2. The molecule has 3 N–H and O–H groups in total. The number of carboxylic acids is 1. The number of carbonyl (C=O) groups is 3. The summed E-state index contributed by atoms with van der Waals surface area (Å²) >= 11 is 2.77. The van der Waals surface area contributed by atoms with Crippen LogP contribution in [0.2, 0.25) is 0 Å². The fraction of sp³-hybridized carbons (Fsp3) is 0.160.